The second-order valence-corrected chi connectivity index (χ2v) is 4.04. The van der Waals surface area contributed by atoms with Gasteiger partial charge in [-0.2, -0.15) is 0 Å². The van der Waals surface area contributed by atoms with Crippen LogP contribution >= 0.6 is 0 Å². The quantitative estimate of drug-likeness (QED) is 0.527. The number of aliphatic carboxylic acids is 2. The van der Waals surface area contributed by atoms with Crippen LogP contribution in [-0.4, -0.2) is 22.2 Å². The van der Waals surface area contributed by atoms with Gasteiger partial charge in [-0.1, -0.05) is 18.1 Å². The highest BCUT2D eigenvalue weighted by molar-refractivity contribution is 5.83. The fourth-order valence-electron chi connectivity index (χ4n) is 1.76. The maximum absolute atomic E-state index is 11.0. The Morgan fingerprint density at radius 3 is 2.40 bits per heavy atom. The minimum absolute atomic E-state index is 0.0718. The van der Waals surface area contributed by atoms with E-state index in [0.29, 0.717) is 0 Å². The van der Waals surface area contributed by atoms with E-state index in [1.807, 2.05) is 0 Å². The molecule has 80 valence electrons. The van der Waals surface area contributed by atoms with E-state index in [1.54, 1.807) is 0 Å². The Balaban J connectivity index is 3.13. The molecule has 0 heterocycles. The van der Waals surface area contributed by atoms with E-state index in [0.717, 1.165) is 0 Å². The van der Waals surface area contributed by atoms with Crippen molar-refractivity contribution in [1.29, 1.82) is 0 Å². The van der Waals surface area contributed by atoms with Crippen LogP contribution in [0.3, 0.4) is 0 Å². The molecule has 0 aromatic carbocycles. The molecule has 0 radical (unpaired) electrons. The van der Waals surface area contributed by atoms with Crippen molar-refractivity contribution in [3.05, 3.63) is 12.2 Å². The Kier molecular flexibility index (Phi) is 2.59. The third-order valence-electron chi connectivity index (χ3n) is 2.80. The summed E-state index contributed by atoms with van der Waals surface area (Å²) in [5.41, 5.74) is -2.58. The molecule has 1 aliphatic carbocycles. The Bertz CT molecular complexity index is 377. The molecular formula is C11H12O4. The average molecular weight is 208 g/mol. The van der Waals surface area contributed by atoms with Gasteiger partial charge in [0.15, 0.2) is 0 Å². The summed E-state index contributed by atoms with van der Waals surface area (Å²) in [6.07, 6.45) is 8.35. The first-order valence-corrected chi connectivity index (χ1v) is 4.49. The number of carboxylic acids is 2. The van der Waals surface area contributed by atoms with E-state index in [-0.39, 0.29) is 12.8 Å². The maximum Gasteiger partial charge on any atom is 0.322 e. The predicted molar refractivity (Wildman–Crippen MR) is 53.0 cm³/mol. The number of allylic oxidation sites excluding steroid dienone is 1. The van der Waals surface area contributed by atoms with Crippen molar-refractivity contribution < 1.29 is 19.8 Å². The van der Waals surface area contributed by atoms with E-state index in [9.17, 15) is 9.59 Å². The molecule has 0 aliphatic heterocycles. The molecule has 2 unspecified atom stereocenters. The zero-order chi connectivity index (χ0) is 11.7. The highest BCUT2D eigenvalue weighted by atomic mass is 16.4. The van der Waals surface area contributed by atoms with E-state index in [1.165, 1.54) is 19.1 Å². The lowest BCUT2D eigenvalue weighted by Gasteiger charge is -2.34. The lowest BCUT2D eigenvalue weighted by Crippen LogP contribution is -2.40. The van der Waals surface area contributed by atoms with Gasteiger partial charge in [0, 0.05) is 0 Å². The molecule has 0 bridgehead atoms. The molecular weight excluding hydrogens is 196 g/mol. The van der Waals surface area contributed by atoms with Gasteiger partial charge in [-0.3, -0.25) is 9.59 Å². The van der Waals surface area contributed by atoms with Gasteiger partial charge in [-0.05, 0) is 19.8 Å². The first kappa shape index (κ1) is 11.3. The van der Waals surface area contributed by atoms with Crippen LogP contribution in [0.15, 0.2) is 12.2 Å². The molecule has 4 nitrogen and oxygen atoms in total. The number of terminal acetylenes is 1. The molecule has 0 amide bonds. The van der Waals surface area contributed by atoms with Crippen LogP contribution in [0.1, 0.15) is 19.8 Å². The Labute approximate surface area is 87.6 Å². The van der Waals surface area contributed by atoms with E-state index in [4.69, 9.17) is 16.6 Å². The van der Waals surface area contributed by atoms with Crippen molar-refractivity contribution in [1.82, 2.24) is 0 Å². The van der Waals surface area contributed by atoms with Crippen molar-refractivity contribution >= 4 is 11.9 Å². The Morgan fingerprint density at radius 2 is 2.00 bits per heavy atom. The monoisotopic (exact) mass is 208 g/mol. The average Bonchev–Trinajstić information content (AvgIpc) is 2.17. The third-order valence-corrected chi connectivity index (χ3v) is 2.80. The van der Waals surface area contributed by atoms with E-state index in [2.05, 4.69) is 5.92 Å². The molecule has 0 saturated heterocycles. The van der Waals surface area contributed by atoms with Crippen LogP contribution in [0.2, 0.25) is 0 Å². The van der Waals surface area contributed by atoms with Crippen molar-refractivity contribution in [2.75, 3.05) is 0 Å². The second kappa shape index (κ2) is 3.43. The van der Waals surface area contributed by atoms with Gasteiger partial charge in [0.05, 0.1) is 5.41 Å². The number of hydrogen-bond donors (Lipinski definition) is 2. The van der Waals surface area contributed by atoms with Crippen molar-refractivity contribution in [3.63, 3.8) is 0 Å². The van der Waals surface area contributed by atoms with Gasteiger partial charge < -0.3 is 10.2 Å². The van der Waals surface area contributed by atoms with Crippen LogP contribution in [-0.2, 0) is 9.59 Å². The molecule has 1 rings (SSSR count). The summed E-state index contributed by atoms with van der Waals surface area (Å²) >= 11 is 0. The summed E-state index contributed by atoms with van der Waals surface area (Å²) < 4.78 is 0. The third kappa shape index (κ3) is 1.73. The van der Waals surface area contributed by atoms with Crippen LogP contribution in [0.4, 0.5) is 0 Å². The molecule has 0 aromatic heterocycles. The minimum Gasteiger partial charge on any atom is -0.481 e. The molecule has 0 fully saturated rings. The van der Waals surface area contributed by atoms with Crippen molar-refractivity contribution in [2.45, 2.75) is 19.8 Å². The van der Waals surface area contributed by atoms with Gasteiger partial charge in [0.25, 0.3) is 0 Å². The highest BCUT2D eigenvalue weighted by Gasteiger charge is 2.47. The lowest BCUT2D eigenvalue weighted by atomic mass is 9.67. The molecule has 2 atom stereocenters. The summed E-state index contributed by atoms with van der Waals surface area (Å²) in [7, 11) is 0. The van der Waals surface area contributed by atoms with E-state index < -0.39 is 22.8 Å². The Morgan fingerprint density at radius 1 is 1.40 bits per heavy atom. The van der Waals surface area contributed by atoms with Crippen molar-refractivity contribution in [3.8, 4) is 12.3 Å². The molecule has 0 spiro atoms. The van der Waals surface area contributed by atoms with Crippen LogP contribution in [0.25, 0.3) is 0 Å². The standard InChI is InChI=1S/C11H12O4/c1-3-11(9(14)15)6-4-5-10(2,7-11)8(12)13/h1,4-5H,6-7H2,2H3,(H,12,13)(H,14,15). The second-order valence-electron chi connectivity index (χ2n) is 4.04. The van der Waals surface area contributed by atoms with E-state index >= 15 is 0 Å². The fourth-order valence-corrected chi connectivity index (χ4v) is 1.76. The summed E-state index contributed by atoms with van der Waals surface area (Å²) in [5, 5.41) is 18.0. The first-order valence-electron chi connectivity index (χ1n) is 4.49. The van der Waals surface area contributed by atoms with Crippen molar-refractivity contribution in [2.24, 2.45) is 10.8 Å². The summed E-state index contributed by atoms with van der Waals surface area (Å²) in [6.45, 7) is 1.47. The smallest absolute Gasteiger partial charge is 0.322 e. The van der Waals surface area contributed by atoms with Gasteiger partial charge in [-0.15, -0.1) is 6.42 Å². The van der Waals surface area contributed by atoms with Gasteiger partial charge in [0.2, 0.25) is 0 Å². The molecule has 15 heavy (non-hydrogen) atoms. The molecule has 1 aliphatic rings. The predicted octanol–water partition coefficient (Wildman–Crippen LogP) is 1.13. The van der Waals surface area contributed by atoms with Gasteiger partial charge in [0.1, 0.15) is 5.41 Å². The number of hydrogen-bond acceptors (Lipinski definition) is 2. The Hall–Kier alpha value is -1.76. The number of carboxylic acid groups (broad SMARTS) is 2. The molecule has 2 N–H and O–H groups in total. The molecule has 4 heteroatoms. The van der Waals surface area contributed by atoms with Gasteiger partial charge in [-0.25, -0.2) is 0 Å². The SMILES string of the molecule is C#CC1(C(=O)O)CC=CC(C)(C(=O)O)C1. The number of rotatable bonds is 2. The van der Waals surface area contributed by atoms with Crippen LogP contribution < -0.4 is 0 Å². The molecule has 0 saturated carbocycles. The summed E-state index contributed by atoms with van der Waals surface area (Å²) in [6, 6.07) is 0. The fraction of sp³-hybridized carbons (Fsp3) is 0.455. The normalized spacial score (nSPS) is 34.4. The largest absolute Gasteiger partial charge is 0.481 e. The van der Waals surface area contributed by atoms with Gasteiger partial charge >= 0.3 is 11.9 Å². The first-order chi connectivity index (χ1) is 6.86. The van der Waals surface area contributed by atoms with Crippen LogP contribution in [0, 0.1) is 23.2 Å². The zero-order valence-corrected chi connectivity index (χ0v) is 8.36. The summed E-state index contributed by atoms with van der Waals surface area (Å²) in [4.78, 5) is 22.0. The van der Waals surface area contributed by atoms with Crippen LogP contribution in [0.5, 0.6) is 0 Å². The molecule has 0 aromatic rings. The summed E-state index contributed by atoms with van der Waals surface area (Å²) in [5.74, 6) is 0.0194. The topological polar surface area (TPSA) is 74.6 Å². The maximum atomic E-state index is 11.0. The lowest BCUT2D eigenvalue weighted by molar-refractivity contribution is -0.152. The number of carbonyl (C=O) groups is 2. The zero-order valence-electron chi connectivity index (χ0n) is 8.36. The highest BCUT2D eigenvalue weighted by Crippen LogP contribution is 2.42. The minimum atomic E-state index is -1.39.